The molecule has 2 aromatic heterocycles. The van der Waals surface area contributed by atoms with Gasteiger partial charge in [-0.25, -0.2) is 0 Å². The lowest BCUT2D eigenvalue weighted by Gasteiger charge is -2.19. The predicted octanol–water partition coefficient (Wildman–Crippen LogP) is 9.14. The Kier molecular flexibility index (Phi) is 6.37. The summed E-state index contributed by atoms with van der Waals surface area (Å²) in [5.74, 6) is 1.42. The van der Waals surface area contributed by atoms with Crippen LogP contribution in [-0.2, 0) is 6.05 Å². The summed E-state index contributed by atoms with van der Waals surface area (Å²) in [5, 5.41) is 0. The molecule has 4 aromatic carbocycles. The quantitative estimate of drug-likeness (QED) is 0.203. The smallest absolute Gasteiger partial charge is 0.461 e. The van der Waals surface area contributed by atoms with E-state index in [9.17, 15) is 0 Å². The van der Waals surface area contributed by atoms with Crippen molar-refractivity contribution in [1.29, 1.82) is 0 Å². The molecular formula is C35H26F2NO+. The molecular weight excluding hydrogens is 488 g/mol. The second-order valence-corrected chi connectivity index (χ2v) is 9.48. The molecule has 0 radical (unpaired) electrons. The van der Waals surface area contributed by atoms with Crippen molar-refractivity contribution in [1.82, 2.24) is 0 Å². The van der Waals surface area contributed by atoms with Crippen LogP contribution in [0.4, 0.5) is 8.78 Å². The van der Waals surface area contributed by atoms with Crippen LogP contribution in [0.3, 0.4) is 0 Å². The number of furan rings is 1. The van der Waals surface area contributed by atoms with Gasteiger partial charge in [-0.3, -0.25) is 0 Å². The van der Waals surface area contributed by atoms with Crippen LogP contribution >= 0.6 is 0 Å². The molecule has 0 unspecified atom stereocenters. The molecule has 4 heteroatoms. The van der Waals surface area contributed by atoms with Gasteiger partial charge in [0.05, 0.1) is 5.56 Å². The minimum atomic E-state index is -3.36. The van der Waals surface area contributed by atoms with Crippen molar-refractivity contribution in [3.63, 3.8) is 0 Å². The number of hydrogen-bond acceptors (Lipinski definition) is 1. The monoisotopic (exact) mass is 514 g/mol. The van der Waals surface area contributed by atoms with Gasteiger partial charge in [0, 0.05) is 28.8 Å². The summed E-state index contributed by atoms with van der Waals surface area (Å²) in [6, 6.07) is 39.0. The first-order valence-corrected chi connectivity index (χ1v) is 12.8. The Morgan fingerprint density at radius 2 is 1.00 bits per heavy atom. The molecule has 0 saturated heterocycles. The van der Waals surface area contributed by atoms with Gasteiger partial charge in [-0.05, 0) is 66.6 Å². The molecule has 6 rings (SSSR count). The Morgan fingerprint density at radius 3 is 1.46 bits per heavy atom. The molecule has 2 heterocycles. The Morgan fingerprint density at radius 1 is 0.513 bits per heavy atom. The first-order chi connectivity index (χ1) is 19.0. The molecule has 0 aliphatic heterocycles. The van der Waals surface area contributed by atoms with Crippen molar-refractivity contribution in [2.45, 2.75) is 13.0 Å². The second kappa shape index (κ2) is 10.1. The minimum Gasteiger partial charge on any atom is -0.461 e. The van der Waals surface area contributed by atoms with Crippen LogP contribution in [0, 0.1) is 6.92 Å². The molecule has 0 amide bonds. The number of pyridine rings is 1. The van der Waals surface area contributed by atoms with Gasteiger partial charge < -0.3 is 4.42 Å². The van der Waals surface area contributed by atoms with Crippen LogP contribution in [0.15, 0.2) is 144 Å². The number of aromatic nitrogens is 1. The van der Waals surface area contributed by atoms with Gasteiger partial charge in [0.2, 0.25) is 11.4 Å². The van der Waals surface area contributed by atoms with E-state index in [-0.39, 0.29) is 5.56 Å². The van der Waals surface area contributed by atoms with Crippen LogP contribution < -0.4 is 4.57 Å². The van der Waals surface area contributed by atoms with E-state index in [1.54, 1.807) is 12.1 Å². The van der Waals surface area contributed by atoms with E-state index in [2.05, 4.69) is 0 Å². The first kappa shape index (κ1) is 24.5. The minimum absolute atomic E-state index is 0.110. The highest BCUT2D eigenvalue weighted by Gasteiger charge is 2.48. The van der Waals surface area contributed by atoms with Crippen molar-refractivity contribution in [3.05, 3.63) is 151 Å². The first-order valence-electron chi connectivity index (χ1n) is 12.8. The topological polar surface area (TPSA) is 17.0 Å². The van der Waals surface area contributed by atoms with Crippen molar-refractivity contribution in [3.8, 4) is 45.0 Å². The summed E-state index contributed by atoms with van der Waals surface area (Å²) >= 11 is 0. The highest BCUT2D eigenvalue weighted by atomic mass is 19.3. The molecule has 6 aromatic rings. The summed E-state index contributed by atoms with van der Waals surface area (Å²) < 4.78 is 40.4. The number of alkyl halides is 2. The molecule has 0 bridgehead atoms. The highest BCUT2D eigenvalue weighted by molar-refractivity contribution is 5.74. The highest BCUT2D eigenvalue weighted by Crippen LogP contribution is 2.36. The molecule has 0 aliphatic rings. The maximum atomic E-state index is 16.8. The van der Waals surface area contributed by atoms with E-state index >= 15 is 8.78 Å². The lowest BCUT2D eigenvalue weighted by molar-refractivity contribution is -0.793. The van der Waals surface area contributed by atoms with Crippen molar-refractivity contribution in [2.24, 2.45) is 0 Å². The molecule has 0 fully saturated rings. The van der Waals surface area contributed by atoms with Crippen LogP contribution in [0.25, 0.3) is 45.0 Å². The Bertz CT molecular complexity index is 1650. The number of benzene rings is 4. The average Bonchev–Trinajstić information content (AvgIpc) is 3.44. The zero-order chi connectivity index (χ0) is 26.8. The summed E-state index contributed by atoms with van der Waals surface area (Å²) in [5.41, 5.74) is 4.71. The maximum absolute atomic E-state index is 16.8. The molecule has 0 saturated carbocycles. The molecule has 0 atom stereocenters. The van der Waals surface area contributed by atoms with Crippen molar-refractivity contribution < 1.29 is 17.8 Å². The molecule has 2 nitrogen and oxygen atoms in total. The number of rotatable bonds is 6. The van der Waals surface area contributed by atoms with Gasteiger partial charge in [0.25, 0.3) is 0 Å². The van der Waals surface area contributed by atoms with E-state index in [1.165, 1.54) is 12.1 Å². The van der Waals surface area contributed by atoms with Gasteiger partial charge >= 0.3 is 6.05 Å². The summed E-state index contributed by atoms with van der Waals surface area (Å²) in [7, 11) is 0. The Labute approximate surface area is 226 Å². The van der Waals surface area contributed by atoms with Crippen LogP contribution in [0.1, 0.15) is 11.3 Å². The predicted molar refractivity (Wildman–Crippen MR) is 151 cm³/mol. The second-order valence-electron chi connectivity index (χ2n) is 9.48. The zero-order valence-electron chi connectivity index (χ0n) is 21.4. The van der Waals surface area contributed by atoms with Gasteiger partial charge in [0.1, 0.15) is 11.5 Å². The third-order valence-corrected chi connectivity index (χ3v) is 6.85. The SMILES string of the molecule is Cc1ccc(-c2ccc(C(F)(F)[n+]3c(-c4ccccc4)cc(-c4ccccc4)cc3-c3ccccc3)cc2)o1. The molecule has 190 valence electrons. The van der Waals surface area contributed by atoms with Gasteiger partial charge in [0.15, 0.2) is 0 Å². The van der Waals surface area contributed by atoms with Crippen molar-refractivity contribution in [2.75, 3.05) is 0 Å². The largest absolute Gasteiger partial charge is 0.490 e. The molecule has 0 N–H and O–H groups in total. The number of hydrogen-bond donors (Lipinski definition) is 0. The normalized spacial score (nSPS) is 11.5. The number of aryl methyl sites for hydroxylation is 1. The Balaban J connectivity index is 1.60. The zero-order valence-corrected chi connectivity index (χ0v) is 21.4. The summed E-state index contributed by atoms with van der Waals surface area (Å²) in [6.07, 6.45) is 0. The molecule has 39 heavy (non-hydrogen) atoms. The van der Waals surface area contributed by atoms with E-state index in [4.69, 9.17) is 4.42 Å². The summed E-state index contributed by atoms with van der Waals surface area (Å²) in [4.78, 5) is 0. The van der Waals surface area contributed by atoms with E-state index < -0.39 is 6.05 Å². The van der Waals surface area contributed by atoms with Crippen molar-refractivity contribution >= 4 is 0 Å². The van der Waals surface area contributed by atoms with Crippen LogP contribution in [0.2, 0.25) is 0 Å². The summed E-state index contributed by atoms with van der Waals surface area (Å²) in [6.45, 7) is 1.86. The van der Waals surface area contributed by atoms with Crippen LogP contribution in [0.5, 0.6) is 0 Å². The van der Waals surface area contributed by atoms with Gasteiger partial charge in [-0.15, -0.1) is 13.3 Å². The lowest BCUT2D eigenvalue weighted by atomic mass is 9.98. The fourth-order valence-corrected chi connectivity index (χ4v) is 4.89. The molecule has 0 aliphatic carbocycles. The maximum Gasteiger partial charge on any atom is 0.490 e. The standard InChI is InChI=1S/C35H26F2NO/c1-25-17-22-34(39-25)29-18-20-31(21-19-29)35(36,37)38-32(27-13-7-3-8-14-27)23-30(26-11-5-2-6-12-26)24-33(38)28-15-9-4-10-16-28/h2-24H,1H3/q+1. The third kappa shape index (κ3) is 4.77. The van der Waals surface area contributed by atoms with Crippen LogP contribution in [-0.4, -0.2) is 0 Å². The fourth-order valence-electron chi connectivity index (χ4n) is 4.89. The lowest BCUT2D eigenvalue weighted by Crippen LogP contribution is -2.54. The third-order valence-electron chi connectivity index (χ3n) is 6.85. The van der Waals surface area contributed by atoms with E-state index in [0.29, 0.717) is 28.3 Å². The number of halogens is 2. The van der Waals surface area contributed by atoms with E-state index in [1.807, 2.05) is 122 Å². The van der Waals surface area contributed by atoms with Gasteiger partial charge in [-0.2, -0.15) is 0 Å². The average molecular weight is 515 g/mol. The molecule has 0 spiro atoms. The fraction of sp³-hybridized carbons (Fsp3) is 0.0571. The van der Waals surface area contributed by atoms with Gasteiger partial charge in [-0.1, -0.05) is 78.9 Å². The number of nitrogens with zero attached hydrogens (tertiary/aromatic N) is 1. The Hall–Kier alpha value is -4.83. The van der Waals surface area contributed by atoms with E-state index in [0.717, 1.165) is 27.0 Å².